The molecule has 294 valence electrons. The van der Waals surface area contributed by atoms with Crippen LogP contribution in [0.5, 0.6) is 0 Å². The maximum atomic E-state index is 6.61. The lowest BCUT2D eigenvalue weighted by atomic mass is 9.67. The van der Waals surface area contributed by atoms with E-state index in [2.05, 4.69) is 182 Å². The summed E-state index contributed by atoms with van der Waals surface area (Å²) in [7, 11) is 0. The molecule has 0 amide bonds. The van der Waals surface area contributed by atoms with Gasteiger partial charge in [-0.1, -0.05) is 176 Å². The lowest BCUT2D eigenvalue weighted by Gasteiger charge is -2.34. The second-order valence-corrected chi connectivity index (χ2v) is 17.3. The molecule has 1 aliphatic rings. The summed E-state index contributed by atoms with van der Waals surface area (Å²) < 4.78 is 9.07. The van der Waals surface area contributed by atoms with Crippen LogP contribution in [0.2, 0.25) is 0 Å². The maximum Gasteiger partial charge on any atom is 0.164 e. The van der Waals surface area contributed by atoms with Crippen LogP contribution in [0.3, 0.4) is 0 Å². The predicted molar refractivity (Wildman–Crippen MR) is 259 cm³/mol. The van der Waals surface area contributed by atoms with E-state index in [0.717, 1.165) is 49.8 Å². The average molecular weight is 822 g/mol. The molecule has 0 atom stereocenters. The zero-order chi connectivity index (χ0) is 41.5. The molecule has 0 spiro atoms. The summed E-state index contributed by atoms with van der Waals surface area (Å²) in [6, 6.07) is 75.8. The Morgan fingerprint density at radius 3 is 1.76 bits per heavy atom. The van der Waals surface area contributed by atoms with Crippen LogP contribution in [0.15, 0.2) is 217 Å². The topological polar surface area (TPSA) is 51.8 Å². The van der Waals surface area contributed by atoms with E-state index < -0.39 is 5.41 Å². The van der Waals surface area contributed by atoms with Crippen molar-refractivity contribution in [2.45, 2.75) is 5.41 Å². The molecule has 3 heterocycles. The maximum absolute atomic E-state index is 6.61. The number of nitrogens with zero attached hydrogens (tertiary/aromatic N) is 3. The fraction of sp³-hybridized carbons (Fsp3) is 0.0172. The number of fused-ring (bicyclic) bond motifs is 9. The summed E-state index contributed by atoms with van der Waals surface area (Å²) in [5, 5.41) is 4.48. The number of hydrogen-bond acceptors (Lipinski definition) is 5. The molecule has 0 aliphatic heterocycles. The van der Waals surface area contributed by atoms with Crippen molar-refractivity contribution in [3.05, 3.63) is 235 Å². The first-order chi connectivity index (χ1) is 31.2. The van der Waals surface area contributed by atoms with Crippen molar-refractivity contribution in [3.63, 3.8) is 0 Å². The van der Waals surface area contributed by atoms with E-state index in [9.17, 15) is 0 Å². The number of rotatable bonds is 6. The van der Waals surface area contributed by atoms with Crippen LogP contribution in [0, 0.1) is 0 Å². The first-order valence-corrected chi connectivity index (χ1v) is 22.1. The van der Waals surface area contributed by atoms with E-state index in [4.69, 9.17) is 19.4 Å². The third-order valence-electron chi connectivity index (χ3n) is 12.8. The molecule has 1 aliphatic carbocycles. The summed E-state index contributed by atoms with van der Waals surface area (Å²) in [6.45, 7) is 0. The van der Waals surface area contributed by atoms with Gasteiger partial charge in [-0.15, -0.1) is 11.3 Å². The lowest BCUT2D eigenvalue weighted by molar-refractivity contribution is 0.669. The molecule has 0 saturated heterocycles. The molecule has 4 nitrogen and oxygen atoms in total. The molecular weight excluding hydrogens is 787 g/mol. The zero-order valence-electron chi connectivity index (χ0n) is 33.9. The minimum atomic E-state index is -0.488. The van der Waals surface area contributed by atoms with Gasteiger partial charge in [0.25, 0.3) is 0 Å². The second-order valence-electron chi connectivity index (χ2n) is 16.3. The molecule has 13 rings (SSSR count). The molecule has 0 radical (unpaired) electrons. The van der Waals surface area contributed by atoms with Crippen molar-refractivity contribution in [1.82, 2.24) is 15.0 Å². The predicted octanol–water partition coefficient (Wildman–Crippen LogP) is 15.2. The third kappa shape index (κ3) is 5.50. The molecule has 63 heavy (non-hydrogen) atoms. The van der Waals surface area contributed by atoms with E-state index in [1.807, 2.05) is 30.3 Å². The van der Waals surface area contributed by atoms with Gasteiger partial charge in [-0.25, -0.2) is 15.0 Å². The van der Waals surface area contributed by atoms with E-state index in [0.29, 0.717) is 17.5 Å². The number of thiophene rings is 1. The number of aromatic nitrogens is 3. The van der Waals surface area contributed by atoms with Crippen molar-refractivity contribution in [2.24, 2.45) is 0 Å². The van der Waals surface area contributed by atoms with E-state index in [1.54, 1.807) is 11.3 Å². The summed E-state index contributed by atoms with van der Waals surface area (Å²) in [6.07, 6.45) is 0. The minimum absolute atomic E-state index is 0.488. The van der Waals surface area contributed by atoms with Crippen LogP contribution >= 0.6 is 11.3 Å². The minimum Gasteiger partial charge on any atom is -0.456 e. The molecule has 0 bridgehead atoms. The monoisotopic (exact) mass is 821 g/mol. The lowest BCUT2D eigenvalue weighted by Crippen LogP contribution is -2.28. The van der Waals surface area contributed by atoms with Crippen molar-refractivity contribution in [1.29, 1.82) is 0 Å². The summed E-state index contributed by atoms with van der Waals surface area (Å²) in [5.41, 5.74) is 13.7. The van der Waals surface area contributed by atoms with Crippen LogP contribution in [-0.4, -0.2) is 15.0 Å². The fourth-order valence-corrected chi connectivity index (χ4v) is 11.2. The molecule has 5 heteroatoms. The Bertz CT molecular complexity index is 3700. The molecule has 3 aromatic heterocycles. The van der Waals surface area contributed by atoms with Crippen LogP contribution in [0.1, 0.15) is 22.3 Å². The summed E-state index contributed by atoms with van der Waals surface area (Å²) in [5.74, 6) is 1.85. The second kappa shape index (κ2) is 14.0. The van der Waals surface area contributed by atoms with Gasteiger partial charge in [-0.05, 0) is 80.9 Å². The highest BCUT2D eigenvalue weighted by molar-refractivity contribution is 7.25. The molecule has 0 N–H and O–H groups in total. The number of benzene rings is 9. The fourth-order valence-electron chi connectivity index (χ4n) is 10.0. The van der Waals surface area contributed by atoms with E-state index >= 15 is 0 Å². The molecule has 0 saturated carbocycles. The third-order valence-corrected chi connectivity index (χ3v) is 14.0. The van der Waals surface area contributed by atoms with Gasteiger partial charge >= 0.3 is 0 Å². The highest BCUT2D eigenvalue weighted by atomic mass is 32.1. The quantitative estimate of drug-likeness (QED) is 0.168. The Balaban J connectivity index is 0.995. The first-order valence-electron chi connectivity index (χ1n) is 21.3. The van der Waals surface area contributed by atoms with Crippen LogP contribution in [0.4, 0.5) is 0 Å². The Morgan fingerprint density at radius 1 is 0.349 bits per heavy atom. The first kappa shape index (κ1) is 35.7. The Morgan fingerprint density at radius 2 is 0.952 bits per heavy atom. The highest BCUT2D eigenvalue weighted by Gasteiger charge is 2.46. The van der Waals surface area contributed by atoms with Crippen LogP contribution < -0.4 is 0 Å². The molecule has 0 unspecified atom stereocenters. The van der Waals surface area contributed by atoms with Gasteiger partial charge in [-0.2, -0.15) is 0 Å². The van der Waals surface area contributed by atoms with Crippen molar-refractivity contribution >= 4 is 53.4 Å². The van der Waals surface area contributed by atoms with Crippen molar-refractivity contribution in [3.8, 4) is 56.4 Å². The summed E-state index contributed by atoms with van der Waals surface area (Å²) in [4.78, 5) is 15.5. The van der Waals surface area contributed by atoms with Crippen LogP contribution in [-0.2, 0) is 5.41 Å². The standard InChI is InChI=1S/C58H35N3OS/c1-4-15-36(16-5-1)55-59-56(39-28-31-45-44-22-11-13-26-52(44)63-53(45)35-39)61-57(60-55)46-23-14-25-51-54(46)47-33-37(29-32-50(47)62-51)38-27-30-43-42-21-10-12-24-48(42)58(49(43)34-38,40-17-6-2-7-18-40)41-19-8-3-9-20-41/h1-35H. The zero-order valence-corrected chi connectivity index (χ0v) is 34.7. The average Bonchev–Trinajstić information content (AvgIpc) is 4.02. The van der Waals surface area contributed by atoms with E-state index in [-0.39, 0.29) is 0 Å². The molecule has 9 aromatic carbocycles. The van der Waals surface area contributed by atoms with Crippen molar-refractivity contribution < 1.29 is 4.42 Å². The normalized spacial score (nSPS) is 12.9. The van der Waals surface area contributed by atoms with Gasteiger partial charge in [-0.3, -0.25) is 0 Å². The van der Waals surface area contributed by atoms with Gasteiger partial charge in [0.05, 0.1) is 5.41 Å². The number of hydrogen-bond donors (Lipinski definition) is 0. The van der Waals surface area contributed by atoms with Gasteiger partial charge in [0.15, 0.2) is 17.5 Å². The van der Waals surface area contributed by atoms with Gasteiger partial charge in [0, 0.05) is 47.6 Å². The van der Waals surface area contributed by atoms with Gasteiger partial charge < -0.3 is 4.42 Å². The highest BCUT2D eigenvalue weighted by Crippen LogP contribution is 2.57. The van der Waals surface area contributed by atoms with Gasteiger partial charge in [0.1, 0.15) is 11.2 Å². The largest absolute Gasteiger partial charge is 0.456 e. The van der Waals surface area contributed by atoms with Gasteiger partial charge in [0.2, 0.25) is 0 Å². The Labute approximate surface area is 367 Å². The number of furan rings is 1. The Kier molecular flexibility index (Phi) is 7.96. The molecule has 0 fully saturated rings. The van der Waals surface area contributed by atoms with Crippen molar-refractivity contribution in [2.75, 3.05) is 0 Å². The molecule has 12 aromatic rings. The molecular formula is C58H35N3OS. The van der Waals surface area contributed by atoms with E-state index in [1.165, 1.54) is 53.6 Å². The van der Waals surface area contributed by atoms with Crippen LogP contribution in [0.25, 0.3) is 98.5 Å². The Hall–Kier alpha value is -7.99. The smallest absolute Gasteiger partial charge is 0.164 e. The summed E-state index contributed by atoms with van der Waals surface area (Å²) >= 11 is 1.79. The SMILES string of the molecule is c1ccc(-c2nc(-c3ccc4c(c3)sc3ccccc34)nc(-c3cccc4oc5ccc(-c6ccc7c(c6)C(c6ccccc6)(c6ccccc6)c6ccccc6-7)cc5c34)n2)cc1.